The monoisotopic (exact) mass is 285 g/mol. The largest absolute Gasteiger partial charge is 0.355 e. The van der Waals surface area contributed by atoms with Crippen molar-refractivity contribution < 1.29 is 0 Å². The van der Waals surface area contributed by atoms with Crippen molar-refractivity contribution in [1.29, 1.82) is 0 Å². The van der Waals surface area contributed by atoms with Crippen LogP contribution in [0.2, 0.25) is 0 Å². The molecule has 1 aliphatic heterocycles. The number of hydrogen-bond donors (Lipinski definition) is 0. The van der Waals surface area contributed by atoms with E-state index < -0.39 is 0 Å². The van der Waals surface area contributed by atoms with Crippen molar-refractivity contribution in [1.82, 2.24) is 19.7 Å². The Hall–Kier alpha value is -1.65. The van der Waals surface area contributed by atoms with E-state index in [1.165, 1.54) is 25.7 Å². The highest BCUT2D eigenvalue weighted by atomic mass is 15.3. The lowest BCUT2D eigenvalue weighted by Crippen LogP contribution is -2.34. The van der Waals surface area contributed by atoms with Gasteiger partial charge in [-0.05, 0) is 38.5 Å². The smallest absolute Gasteiger partial charge is 0.158 e. The zero-order valence-electron chi connectivity index (χ0n) is 13.1. The van der Waals surface area contributed by atoms with E-state index in [0.717, 1.165) is 47.4 Å². The first-order chi connectivity index (χ1) is 10.1. The van der Waals surface area contributed by atoms with E-state index in [2.05, 4.69) is 16.9 Å². The summed E-state index contributed by atoms with van der Waals surface area (Å²) in [7, 11) is 2.01. The van der Waals surface area contributed by atoms with Crippen molar-refractivity contribution in [2.24, 2.45) is 13.0 Å². The standard InChI is InChI=1S/C16H23N5/c1-10-6-8-21(9-7-10)16-14-13(11(2)19-20(14)3)17-15(18-16)12-4-5-12/h10,12H,4-9H2,1-3H3. The van der Waals surface area contributed by atoms with Gasteiger partial charge in [0.25, 0.3) is 0 Å². The normalized spacial score (nSPS) is 20.4. The average Bonchev–Trinajstić information content (AvgIpc) is 3.27. The Morgan fingerprint density at radius 2 is 1.76 bits per heavy atom. The fourth-order valence-electron chi connectivity index (χ4n) is 3.30. The highest BCUT2D eigenvalue weighted by Crippen LogP contribution is 2.40. The lowest BCUT2D eigenvalue weighted by molar-refractivity contribution is 0.436. The number of fused-ring (bicyclic) bond motifs is 1. The fourth-order valence-corrected chi connectivity index (χ4v) is 3.30. The van der Waals surface area contributed by atoms with Gasteiger partial charge < -0.3 is 4.90 Å². The Balaban J connectivity index is 1.85. The van der Waals surface area contributed by atoms with Crippen LogP contribution in [0.1, 0.15) is 50.0 Å². The molecule has 1 saturated heterocycles. The van der Waals surface area contributed by atoms with E-state index >= 15 is 0 Å². The lowest BCUT2D eigenvalue weighted by atomic mass is 9.99. The molecule has 2 fully saturated rings. The second kappa shape index (κ2) is 4.68. The van der Waals surface area contributed by atoms with Crippen LogP contribution in [0, 0.1) is 12.8 Å². The van der Waals surface area contributed by atoms with Gasteiger partial charge in [-0.3, -0.25) is 4.68 Å². The van der Waals surface area contributed by atoms with E-state index in [1.807, 2.05) is 18.7 Å². The first-order valence-corrected chi connectivity index (χ1v) is 8.09. The third kappa shape index (κ3) is 2.19. The SMILES string of the molecule is Cc1nn(C)c2c(N3CCC(C)CC3)nc(C3CC3)nc12. The van der Waals surface area contributed by atoms with Crippen molar-refractivity contribution in [2.75, 3.05) is 18.0 Å². The Morgan fingerprint density at radius 3 is 2.43 bits per heavy atom. The van der Waals surface area contributed by atoms with Gasteiger partial charge in [0, 0.05) is 26.1 Å². The van der Waals surface area contributed by atoms with Crippen LogP contribution in [-0.4, -0.2) is 32.8 Å². The van der Waals surface area contributed by atoms with Gasteiger partial charge in [-0.2, -0.15) is 5.10 Å². The second-order valence-corrected chi connectivity index (χ2v) is 6.76. The zero-order chi connectivity index (χ0) is 14.6. The van der Waals surface area contributed by atoms with Crippen LogP contribution < -0.4 is 4.90 Å². The maximum atomic E-state index is 4.94. The summed E-state index contributed by atoms with van der Waals surface area (Å²) in [5.74, 6) is 3.55. The van der Waals surface area contributed by atoms with Gasteiger partial charge in [0.2, 0.25) is 0 Å². The second-order valence-electron chi connectivity index (χ2n) is 6.76. The maximum absolute atomic E-state index is 4.94. The van der Waals surface area contributed by atoms with Crippen molar-refractivity contribution >= 4 is 16.9 Å². The van der Waals surface area contributed by atoms with E-state index in [4.69, 9.17) is 9.97 Å². The number of anilines is 1. The van der Waals surface area contributed by atoms with Crippen LogP contribution in [0.3, 0.4) is 0 Å². The summed E-state index contributed by atoms with van der Waals surface area (Å²) in [5, 5.41) is 4.57. The number of aromatic nitrogens is 4. The third-order valence-electron chi connectivity index (χ3n) is 4.87. The summed E-state index contributed by atoms with van der Waals surface area (Å²) in [5.41, 5.74) is 3.16. The molecule has 0 spiro atoms. The predicted molar refractivity (Wildman–Crippen MR) is 83.6 cm³/mol. The van der Waals surface area contributed by atoms with Crippen LogP contribution in [0.4, 0.5) is 5.82 Å². The third-order valence-corrected chi connectivity index (χ3v) is 4.87. The molecule has 0 bridgehead atoms. The van der Waals surface area contributed by atoms with E-state index in [9.17, 15) is 0 Å². The number of rotatable bonds is 2. The van der Waals surface area contributed by atoms with Gasteiger partial charge in [0.05, 0.1) is 5.69 Å². The van der Waals surface area contributed by atoms with Crippen LogP contribution in [0.25, 0.3) is 11.0 Å². The molecule has 5 heteroatoms. The minimum atomic E-state index is 0.580. The molecule has 21 heavy (non-hydrogen) atoms. The molecule has 2 aliphatic rings. The van der Waals surface area contributed by atoms with E-state index in [-0.39, 0.29) is 0 Å². The summed E-state index contributed by atoms with van der Waals surface area (Å²) in [6, 6.07) is 0. The van der Waals surface area contributed by atoms with Gasteiger partial charge >= 0.3 is 0 Å². The Morgan fingerprint density at radius 1 is 1.05 bits per heavy atom. The summed E-state index contributed by atoms with van der Waals surface area (Å²) in [6.45, 7) is 6.59. The highest BCUT2D eigenvalue weighted by Gasteiger charge is 2.30. The first-order valence-electron chi connectivity index (χ1n) is 8.09. The molecular weight excluding hydrogens is 262 g/mol. The number of hydrogen-bond acceptors (Lipinski definition) is 4. The molecule has 3 heterocycles. The fraction of sp³-hybridized carbons (Fsp3) is 0.688. The van der Waals surface area contributed by atoms with Gasteiger partial charge in [-0.25, -0.2) is 9.97 Å². The molecule has 0 radical (unpaired) electrons. The number of nitrogens with zero attached hydrogens (tertiary/aromatic N) is 5. The Bertz CT molecular complexity index is 678. The molecule has 0 N–H and O–H groups in total. The molecule has 0 atom stereocenters. The van der Waals surface area contributed by atoms with E-state index in [1.54, 1.807) is 0 Å². The van der Waals surface area contributed by atoms with Crippen molar-refractivity contribution in [3.63, 3.8) is 0 Å². The van der Waals surface area contributed by atoms with Crippen LogP contribution >= 0.6 is 0 Å². The van der Waals surface area contributed by atoms with Gasteiger partial charge in [-0.15, -0.1) is 0 Å². The summed E-state index contributed by atoms with van der Waals surface area (Å²) < 4.78 is 1.95. The van der Waals surface area contributed by atoms with Crippen molar-refractivity contribution in [2.45, 2.75) is 45.4 Å². The van der Waals surface area contributed by atoms with Gasteiger partial charge in [0.15, 0.2) is 5.82 Å². The summed E-state index contributed by atoms with van der Waals surface area (Å²) >= 11 is 0. The van der Waals surface area contributed by atoms with Crippen molar-refractivity contribution in [3.05, 3.63) is 11.5 Å². The molecule has 1 saturated carbocycles. The van der Waals surface area contributed by atoms with Crippen molar-refractivity contribution in [3.8, 4) is 0 Å². The molecule has 0 amide bonds. The average molecular weight is 285 g/mol. The molecule has 2 aromatic rings. The Kier molecular flexibility index (Phi) is 2.91. The Labute approximate surface area is 125 Å². The first kappa shape index (κ1) is 13.0. The molecule has 4 rings (SSSR count). The van der Waals surface area contributed by atoms with Crippen LogP contribution in [-0.2, 0) is 7.05 Å². The molecule has 0 aromatic carbocycles. The summed E-state index contributed by atoms with van der Waals surface area (Å²) in [6.07, 6.45) is 4.98. The topological polar surface area (TPSA) is 46.8 Å². The maximum Gasteiger partial charge on any atom is 0.158 e. The molecule has 0 unspecified atom stereocenters. The highest BCUT2D eigenvalue weighted by molar-refractivity contribution is 5.88. The minimum Gasteiger partial charge on any atom is -0.355 e. The minimum absolute atomic E-state index is 0.580. The zero-order valence-corrected chi connectivity index (χ0v) is 13.1. The van der Waals surface area contributed by atoms with Crippen LogP contribution in [0.15, 0.2) is 0 Å². The number of aryl methyl sites for hydroxylation is 2. The van der Waals surface area contributed by atoms with Gasteiger partial charge in [0.1, 0.15) is 16.9 Å². The molecule has 2 aromatic heterocycles. The van der Waals surface area contributed by atoms with Crippen LogP contribution in [0.5, 0.6) is 0 Å². The number of piperidine rings is 1. The quantitative estimate of drug-likeness (QED) is 0.851. The molecule has 1 aliphatic carbocycles. The lowest BCUT2D eigenvalue weighted by Gasteiger charge is -2.31. The van der Waals surface area contributed by atoms with Gasteiger partial charge in [-0.1, -0.05) is 6.92 Å². The molecular formula is C16H23N5. The summed E-state index contributed by atoms with van der Waals surface area (Å²) in [4.78, 5) is 12.2. The van der Waals surface area contributed by atoms with E-state index in [0.29, 0.717) is 5.92 Å². The molecule has 5 nitrogen and oxygen atoms in total. The molecule has 112 valence electrons. The predicted octanol–water partition coefficient (Wildman–Crippen LogP) is 2.79.